The van der Waals surface area contributed by atoms with Crippen LogP contribution in [0.4, 0.5) is 11.5 Å². The van der Waals surface area contributed by atoms with Gasteiger partial charge in [-0.25, -0.2) is 20.0 Å². The number of nitrogens with zero attached hydrogens (tertiary/aromatic N) is 4. The first-order valence-corrected chi connectivity index (χ1v) is 4.28. The maximum absolute atomic E-state index is 5.47. The second-order valence-electron chi connectivity index (χ2n) is 3.02. The minimum absolute atomic E-state index is 0.351. The van der Waals surface area contributed by atoms with Crippen LogP contribution in [0.25, 0.3) is 6.08 Å². The number of aliphatic imine (C=N–C) groups is 2. The van der Waals surface area contributed by atoms with Gasteiger partial charge in [-0.3, -0.25) is 0 Å². The Bertz CT molecular complexity index is 582. The molecule has 1 aromatic rings. The van der Waals surface area contributed by atoms with E-state index in [4.69, 9.17) is 5.73 Å². The summed E-state index contributed by atoms with van der Waals surface area (Å²) in [5.74, 6) is 1.36. The molecule has 0 unspecified atom stereocenters. The quantitative estimate of drug-likeness (QED) is 0.621. The zero-order valence-corrected chi connectivity index (χ0v) is 7.31. The maximum atomic E-state index is 5.47. The average molecular weight is 185 g/mol. The predicted octanol–water partition coefficient (Wildman–Crippen LogP) is -0.800. The fourth-order valence-corrected chi connectivity index (χ4v) is 1.52. The molecule has 0 saturated carbocycles. The van der Waals surface area contributed by atoms with Gasteiger partial charge < -0.3 is 5.73 Å². The molecule has 2 aliphatic heterocycles. The second-order valence-corrected chi connectivity index (χ2v) is 3.02. The van der Waals surface area contributed by atoms with Gasteiger partial charge in [0.05, 0.1) is 12.7 Å². The summed E-state index contributed by atoms with van der Waals surface area (Å²) in [6.07, 6.45) is 5.28. The van der Waals surface area contributed by atoms with E-state index in [2.05, 4.69) is 20.0 Å². The summed E-state index contributed by atoms with van der Waals surface area (Å²) in [4.78, 5) is 16.8. The van der Waals surface area contributed by atoms with Crippen molar-refractivity contribution in [3.05, 3.63) is 16.8 Å². The summed E-state index contributed by atoms with van der Waals surface area (Å²) in [7, 11) is 0. The molecule has 2 N–H and O–H groups in total. The Kier molecular flexibility index (Phi) is 1.37. The average Bonchev–Trinajstić information content (AvgIpc) is 2.82. The zero-order valence-electron chi connectivity index (χ0n) is 7.31. The fraction of sp³-hybridized carbons (Fsp3) is 0.111. The Balaban J connectivity index is 2.37. The highest BCUT2D eigenvalue weighted by molar-refractivity contribution is 5.97. The van der Waals surface area contributed by atoms with Crippen LogP contribution in [0, 0.1) is 0 Å². The van der Waals surface area contributed by atoms with Gasteiger partial charge in [0.15, 0.2) is 5.82 Å². The normalized spacial score (nSPS) is 15.6. The summed E-state index contributed by atoms with van der Waals surface area (Å²) in [6.45, 7) is 0.351. The number of fused-ring (bicyclic) bond motifs is 3. The molecular formula is C9H7N5. The van der Waals surface area contributed by atoms with E-state index >= 15 is 0 Å². The van der Waals surface area contributed by atoms with Crippen molar-refractivity contribution in [1.82, 2.24) is 4.98 Å². The number of aromatic nitrogens is 1. The van der Waals surface area contributed by atoms with Gasteiger partial charge in [-0.2, -0.15) is 0 Å². The number of nitrogens with two attached hydrogens (primary N) is 1. The third-order valence-corrected chi connectivity index (χ3v) is 2.16. The van der Waals surface area contributed by atoms with E-state index in [1.807, 2.05) is 6.08 Å². The molecule has 0 amide bonds. The summed E-state index contributed by atoms with van der Waals surface area (Å²) >= 11 is 0. The van der Waals surface area contributed by atoms with Crippen LogP contribution in [-0.2, 0) is 0 Å². The van der Waals surface area contributed by atoms with Crippen molar-refractivity contribution in [2.75, 3.05) is 6.54 Å². The second kappa shape index (κ2) is 2.55. The van der Waals surface area contributed by atoms with Gasteiger partial charge in [0.25, 0.3) is 0 Å². The first kappa shape index (κ1) is 7.52. The van der Waals surface area contributed by atoms with Crippen LogP contribution in [0.2, 0.25) is 0 Å². The fourth-order valence-electron chi connectivity index (χ4n) is 1.52. The Morgan fingerprint density at radius 1 is 1.29 bits per heavy atom. The Labute approximate surface area is 79.4 Å². The van der Waals surface area contributed by atoms with Crippen LogP contribution in [0.5, 0.6) is 0 Å². The molecule has 3 heterocycles. The molecule has 0 fully saturated rings. The Hall–Kier alpha value is -1.88. The lowest BCUT2D eigenvalue weighted by Gasteiger charge is -1.90. The predicted molar refractivity (Wildman–Crippen MR) is 53.8 cm³/mol. The van der Waals surface area contributed by atoms with Gasteiger partial charge in [-0.1, -0.05) is 0 Å². The number of hydrogen-bond donors (Lipinski definition) is 1. The highest BCUT2D eigenvalue weighted by Crippen LogP contribution is 2.10. The van der Waals surface area contributed by atoms with Crippen LogP contribution >= 0.6 is 0 Å². The van der Waals surface area contributed by atoms with E-state index in [9.17, 15) is 0 Å². The van der Waals surface area contributed by atoms with Crippen molar-refractivity contribution in [3.8, 4) is 0 Å². The van der Waals surface area contributed by atoms with Gasteiger partial charge in [0.2, 0.25) is 0 Å². The van der Waals surface area contributed by atoms with Crippen LogP contribution in [0.1, 0.15) is 0 Å². The number of hydrogen-bond acceptors (Lipinski definition) is 5. The van der Waals surface area contributed by atoms with Crippen molar-refractivity contribution in [1.29, 1.82) is 0 Å². The molecule has 5 heteroatoms. The lowest BCUT2D eigenvalue weighted by molar-refractivity contribution is 1.22. The first-order valence-electron chi connectivity index (χ1n) is 4.28. The molecule has 2 aliphatic rings. The van der Waals surface area contributed by atoms with Crippen LogP contribution < -0.4 is 16.3 Å². The third kappa shape index (κ3) is 0.869. The summed E-state index contributed by atoms with van der Waals surface area (Å²) in [6, 6.07) is 0. The van der Waals surface area contributed by atoms with E-state index in [0.717, 1.165) is 16.3 Å². The van der Waals surface area contributed by atoms with Crippen LogP contribution in [0.15, 0.2) is 21.2 Å². The lowest BCUT2D eigenvalue weighted by atomic mass is 10.3. The highest BCUT2D eigenvalue weighted by Gasteiger charge is 2.12. The molecule has 0 radical (unpaired) electrons. The van der Waals surface area contributed by atoms with Crippen molar-refractivity contribution >= 4 is 29.6 Å². The molecule has 0 spiro atoms. The summed E-state index contributed by atoms with van der Waals surface area (Å²) in [5.41, 5.74) is 6.26. The zero-order chi connectivity index (χ0) is 9.54. The number of pyridine rings is 1. The molecule has 0 aliphatic carbocycles. The summed E-state index contributed by atoms with van der Waals surface area (Å²) in [5, 5.41) is 1.78. The maximum Gasteiger partial charge on any atom is 0.161 e. The molecule has 0 aromatic carbocycles. The first-order chi connectivity index (χ1) is 6.88. The van der Waals surface area contributed by atoms with Crippen molar-refractivity contribution in [2.45, 2.75) is 0 Å². The minimum atomic E-state index is 0.351. The largest absolute Gasteiger partial charge is 0.324 e. The molecule has 1 aromatic heterocycles. The van der Waals surface area contributed by atoms with Gasteiger partial charge >= 0.3 is 0 Å². The van der Waals surface area contributed by atoms with Crippen LogP contribution in [-0.4, -0.2) is 23.6 Å². The third-order valence-electron chi connectivity index (χ3n) is 2.16. The minimum Gasteiger partial charge on any atom is -0.324 e. The monoisotopic (exact) mass is 185 g/mol. The van der Waals surface area contributed by atoms with Crippen LogP contribution in [0.3, 0.4) is 0 Å². The van der Waals surface area contributed by atoms with E-state index in [1.165, 1.54) is 0 Å². The molecule has 14 heavy (non-hydrogen) atoms. The smallest absolute Gasteiger partial charge is 0.161 e. The van der Waals surface area contributed by atoms with E-state index in [0.29, 0.717) is 18.2 Å². The number of rotatable bonds is 1. The van der Waals surface area contributed by atoms with E-state index in [-0.39, 0.29) is 0 Å². The molecule has 0 saturated heterocycles. The van der Waals surface area contributed by atoms with Crippen molar-refractivity contribution < 1.29 is 0 Å². The standard InChI is InChI=1S/C9H7N5/c10-3-7-13-6-4-12-9-5(1-2-11-9)8(6)14-7/h1-2,4H,3,10H2. The van der Waals surface area contributed by atoms with Gasteiger partial charge in [0, 0.05) is 11.4 Å². The number of amidine groups is 1. The van der Waals surface area contributed by atoms with Gasteiger partial charge in [0.1, 0.15) is 16.9 Å². The SMILES string of the molecule is NCC1=Nc2cnc3c(c2=N1)=CC=N3. The molecule has 0 bridgehead atoms. The molecule has 3 rings (SSSR count). The van der Waals surface area contributed by atoms with Gasteiger partial charge in [-0.15, -0.1) is 0 Å². The summed E-state index contributed by atoms with van der Waals surface area (Å²) < 4.78 is 0. The molecule has 0 atom stereocenters. The van der Waals surface area contributed by atoms with Crippen molar-refractivity contribution in [2.24, 2.45) is 20.7 Å². The molecule has 68 valence electrons. The molecular weight excluding hydrogens is 178 g/mol. The highest BCUT2D eigenvalue weighted by atomic mass is 15.0. The van der Waals surface area contributed by atoms with Crippen molar-refractivity contribution in [3.63, 3.8) is 0 Å². The molecule has 5 nitrogen and oxygen atoms in total. The van der Waals surface area contributed by atoms with Gasteiger partial charge in [-0.05, 0) is 6.08 Å². The Morgan fingerprint density at radius 3 is 3.07 bits per heavy atom. The lowest BCUT2D eigenvalue weighted by Crippen LogP contribution is -2.24. The van der Waals surface area contributed by atoms with E-state index in [1.54, 1.807) is 12.4 Å². The van der Waals surface area contributed by atoms with E-state index < -0.39 is 0 Å². The topological polar surface area (TPSA) is 76.0 Å². The Morgan fingerprint density at radius 2 is 2.21 bits per heavy atom.